The van der Waals surface area contributed by atoms with Gasteiger partial charge in [-0.2, -0.15) is 0 Å². The summed E-state index contributed by atoms with van der Waals surface area (Å²) in [6.45, 7) is 0. The van der Waals surface area contributed by atoms with E-state index in [1.54, 1.807) is 42.5 Å². The van der Waals surface area contributed by atoms with Gasteiger partial charge in [0.25, 0.3) is 5.69 Å². The van der Waals surface area contributed by atoms with E-state index in [1.165, 1.54) is 43.5 Å². The van der Waals surface area contributed by atoms with E-state index in [1.807, 2.05) is 0 Å². The number of nitro benzene ring substituents is 1. The molecule has 0 N–H and O–H groups in total. The fourth-order valence-corrected chi connectivity index (χ4v) is 2.70. The van der Waals surface area contributed by atoms with Crippen LogP contribution in [0.4, 0.5) is 5.69 Å². The van der Waals surface area contributed by atoms with Gasteiger partial charge in [-0.3, -0.25) is 14.9 Å². The lowest BCUT2D eigenvalue weighted by Crippen LogP contribution is -2.20. The predicted octanol–water partition coefficient (Wildman–Crippen LogP) is 4.38. The number of esters is 1. The number of carbonyl (C=O) groups excluding carboxylic acids is 2. The molecule has 3 aromatic rings. The Morgan fingerprint density at radius 2 is 1.48 bits per heavy atom. The quantitative estimate of drug-likeness (QED) is 0.257. The summed E-state index contributed by atoms with van der Waals surface area (Å²) in [6, 6.07) is 20.0. The van der Waals surface area contributed by atoms with Gasteiger partial charge in [-0.15, -0.1) is 0 Å². The number of Topliss-reactive ketones (excluding diaryl/α,β-unsaturated/α-hetero) is 1. The summed E-state index contributed by atoms with van der Waals surface area (Å²) in [4.78, 5) is 36.0. The van der Waals surface area contributed by atoms with E-state index in [0.29, 0.717) is 16.9 Å². The molecule has 0 aliphatic carbocycles. The van der Waals surface area contributed by atoms with Crippen LogP contribution in [-0.4, -0.2) is 23.8 Å². The highest BCUT2D eigenvalue weighted by molar-refractivity contribution is 6.02. The summed E-state index contributed by atoms with van der Waals surface area (Å²) < 4.78 is 10.6. The molecule has 29 heavy (non-hydrogen) atoms. The Hall–Kier alpha value is -4.00. The molecule has 0 heterocycles. The van der Waals surface area contributed by atoms with Crippen LogP contribution in [-0.2, 0) is 4.74 Å². The molecular weight excluding hydrogens is 374 g/mol. The third-order valence-electron chi connectivity index (χ3n) is 4.25. The second-order valence-electron chi connectivity index (χ2n) is 6.09. The Bertz CT molecular complexity index is 1010. The molecule has 0 aromatic heterocycles. The van der Waals surface area contributed by atoms with Gasteiger partial charge in [-0.1, -0.05) is 30.3 Å². The number of hydrogen-bond acceptors (Lipinski definition) is 6. The highest BCUT2D eigenvalue weighted by Gasteiger charge is 2.27. The molecule has 0 radical (unpaired) electrons. The standard InChI is InChI=1S/C22H17NO6/c1-28-19-13-9-17(10-14-19)22(25)29-21(20(24)15-5-3-2-4-6-15)16-7-11-18(12-8-16)23(26)27/h2-14,21H,1H3/t21-/m0/s1. The minimum atomic E-state index is -1.24. The number of nitrogens with zero attached hydrogens (tertiary/aromatic N) is 1. The second kappa shape index (κ2) is 8.79. The van der Waals surface area contributed by atoms with Crippen molar-refractivity contribution in [1.29, 1.82) is 0 Å². The van der Waals surface area contributed by atoms with Gasteiger partial charge in [0, 0.05) is 23.3 Å². The molecular formula is C22H17NO6. The zero-order chi connectivity index (χ0) is 20.8. The van der Waals surface area contributed by atoms with Crippen LogP contribution in [0.5, 0.6) is 5.75 Å². The summed E-state index contributed by atoms with van der Waals surface area (Å²) >= 11 is 0. The van der Waals surface area contributed by atoms with Gasteiger partial charge < -0.3 is 9.47 Å². The van der Waals surface area contributed by atoms with Gasteiger partial charge in [0.1, 0.15) is 5.75 Å². The van der Waals surface area contributed by atoms with Crippen molar-refractivity contribution in [2.24, 2.45) is 0 Å². The third kappa shape index (κ3) is 4.65. The molecule has 0 aliphatic rings. The van der Waals surface area contributed by atoms with Crippen molar-refractivity contribution in [3.63, 3.8) is 0 Å². The van der Waals surface area contributed by atoms with Gasteiger partial charge in [0.05, 0.1) is 17.6 Å². The van der Waals surface area contributed by atoms with Crippen LogP contribution >= 0.6 is 0 Å². The lowest BCUT2D eigenvalue weighted by molar-refractivity contribution is -0.384. The van der Waals surface area contributed by atoms with Crippen molar-refractivity contribution in [2.45, 2.75) is 6.10 Å². The first-order valence-corrected chi connectivity index (χ1v) is 8.68. The van der Waals surface area contributed by atoms with Crippen LogP contribution in [0.25, 0.3) is 0 Å². The Balaban J connectivity index is 1.92. The highest BCUT2D eigenvalue weighted by Crippen LogP contribution is 2.26. The van der Waals surface area contributed by atoms with Gasteiger partial charge >= 0.3 is 5.97 Å². The predicted molar refractivity (Wildman–Crippen MR) is 105 cm³/mol. The summed E-state index contributed by atoms with van der Waals surface area (Å²) in [7, 11) is 1.51. The number of carbonyl (C=O) groups is 2. The maximum atomic E-state index is 13.0. The van der Waals surface area contributed by atoms with Crippen LogP contribution < -0.4 is 4.74 Å². The van der Waals surface area contributed by atoms with Crippen LogP contribution in [0, 0.1) is 10.1 Å². The molecule has 0 fully saturated rings. The molecule has 3 aromatic carbocycles. The van der Waals surface area contributed by atoms with Crippen molar-refractivity contribution in [3.05, 3.63) is 106 Å². The van der Waals surface area contributed by atoms with E-state index in [-0.39, 0.29) is 11.3 Å². The second-order valence-corrected chi connectivity index (χ2v) is 6.09. The van der Waals surface area contributed by atoms with Crippen LogP contribution in [0.2, 0.25) is 0 Å². The smallest absolute Gasteiger partial charge is 0.339 e. The lowest BCUT2D eigenvalue weighted by atomic mass is 9.99. The molecule has 0 saturated heterocycles. The molecule has 0 saturated carbocycles. The van der Waals surface area contributed by atoms with Gasteiger partial charge in [0.2, 0.25) is 5.78 Å². The minimum absolute atomic E-state index is 0.124. The first kappa shape index (κ1) is 19.8. The molecule has 7 nitrogen and oxygen atoms in total. The maximum Gasteiger partial charge on any atom is 0.339 e. The summed E-state index contributed by atoms with van der Waals surface area (Å²) in [6.07, 6.45) is -1.24. The summed E-state index contributed by atoms with van der Waals surface area (Å²) in [5.41, 5.74) is 0.824. The number of methoxy groups -OCH3 is 1. The number of benzene rings is 3. The molecule has 0 bridgehead atoms. The van der Waals surface area contributed by atoms with Crippen molar-refractivity contribution >= 4 is 17.4 Å². The molecule has 0 unspecified atom stereocenters. The van der Waals surface area contributed by atoms with Crippen molar-refractivity contribution in [1.82, 2.24) is 0 Å². The largest absolute Gasteiger partial charge is 0.497 e. The van der Waals surface area contributed by atoms with E-state index < -0.39 is 22.8 Å². The summed E-state index contributed by atoms with van der Waals surface area (Å²) in [5, 5.41) is 10.9. The zero-order valence-electron chi connectivity index (χ0n) is 15.5. The fourth-order valence-electron chi connectivity index (χ4n) is 2.70. The maximum absolute atomic E-state index is 13.0. The molecule has 0 spiro atoms. The van der Waals surface area contributed by atoms with Crippen molar-refractivity contribution in [3.8, 4) is 5.75 Å². The van der Waals surface area contributed by atoms with Crippen molar-refractivity contribution < 1.29 is 24.0 Å². The topological polar surface area (TPSA) is 95.7 Å². The monoisotopic (exact) mass is 391 g/mol. The summed E-state index contributed by atoms with van der Waals surface area (Å²) in [5.74, 6) is -0.546. The van der Waals surface area contributed by atoms with E-state index in [9.17, 15) is 19.7 Å². The van der Waals surface area contributed by atoms with Gasteiger partial charge in [0.15, 0.2) is 6.10 Å². The molecule has 0 amide bonds. The Morgan fingerprint density at radius 3 is 2.03 bits per heavy atom. The van der Waals surface area contributed by atoms with E-state index in [4.69, 9.17) is 9.47 Å². The first-order valence-electron chi connectivity index (χ1n) is 8.68. The fraction of sp³-hybridized carbons (Fsp3) is 0.0909. The first-order chi connectivity index (χ1) is 14.0. The van der Waals surface area contributed by atoms with Gasteiger partial charge in [-0.05, 0) is 36.4 Å². The lowest BCUT2D eigenvalue weighted by Gasteiger charge is -2.17. The number of ether oxygens (including phenoxy) is 2. The number of ketones is 1. The zero-order valence-corrected chi connectivity index (χ0v) is 15.5. The third-order valence-corrected chi connectivity index (χ3v) is 4.25. The van der Waals surface area contributed by atoms with E-state index in [0.717, 1.165) is 0 Å². The average molecular weight is 391 g/mol. The molecule has 146 valence electrons. The van der Waals surface area contributed by atoms with Crippen LogP contribution in [0.3, 0.4) is 0 Å². The molecule has 3 rings (SSSR count). The molecule has 0 aliphatic heterocycles. The Labute approximate surface area is 166 Å². The van der Waals surface area contributed by atoms with E-state index in [2.05, 4.69) is 0 Å². The number of rotatable bonds is 7. The normalized spacial score (nSPS) is 11.3. The SMILES string of the molecule is COc1ccc(C(=O)O[C@H](C(=O)c2ccccc2)c2ccc([N+](=O)[O-])cc2)cc1. The van der Waals surface area contributed by atoms with E-state index >= 15 is 0 Å². The van der Waals surface area contributed by atoms with Crippen LogP contribution in [0.15, 0.2) is 78.9 Å². The van der Waals surface area contributed by atoms with Gasteiger partial charge in [-0.25, -0.2) is 4.79 Å². The average Bonchev–Trinajstić information content (AvgIpc) is 2.77. The van der Waals surface area contributed by atoms with Crippen molar-refractivity contribution in [2.75, 3.05) is 7.11 Å². The Kier molecular flexibility index (Phi) is 5.99. The Morgan fingerprint density at radius 1 is 0.862 bits per heavy atom. The number of nitro groups is 1. The number of hydrogen-bond donors (Lipinski definition) is 0. The highest BCUT2D eigenvalue weighted by atomic mass is 16.6. The molecule has 7 heteroatoms. The minimum Gasteiger partial charge on any atom is -0.497 e. The van der Waals surface area contributed by atoms with Crippen LogP contribution in [0.1, 0.15) is 32.4 Å². The molecule has 1 atom stereocenters. The number of non-ortho nitro benzene ring substituents is 1.